The van der Waals surface area contributed by atoms with Gasteiger partial charge in [0.2, 0.25) is 0 Å². The Hall–Kier alpha value is 0.660. The number of hydrogen-bond donors (Lipinski definition) is 1. The molecular weight excluding hydrogens is 174 g/mol. The summed E-state index contributed by atoms with van der Waals surface area (Å²) in [6.45, 7) is 3.53. The first-order chi connectivity index (χ1) is 5.34. The molecule has 0 amide bonds. The van der Waals surface area contributed by atoms with Gasteiger partial charge in [-0.3, -0.25) is 0 Å². The summed E-state index contributed by atoms with van der Waals surface area (Å²) in [5, 5.41) is 3.52. The summed E-state index contributed by atoms with van der Waals surface area (Å²) in [6.07, 6.45) is 4.94. The molecule has 1 N–H and O–H groups in total. The molecule has 0 aromatic heterocycles. The van der Waals surface area contributed by atoms with Crippen LogP contribution in [-0.2, 0) is 0 Å². The van der Waals surface area contributed by atoms with E-state index in [1.54, 1.807) is 0 Å². The summed E-state index contributed by atoms with van der Waals surface area (Å²) < 4.78 is 0. The average molecular weight is 191 g/mol. The predicted molar refractivity (Wildman–Crippen MR) is 56.2 cm³/mol. The van der Waals surface area contributed by atoms with Crippen molar-refractivity contribution >= 4 is 21.6 Å². The molecule has 1 aliphatic heterocycles. The molecule has 0 aliphatic carbocycles. The van der Waals surface area contributed by atoms with Crippen molar-refractivity contribution in [3.63, 3.8) is 0 Å². The number of rotatable bonds is 3. The van der Waals surface area contributed by atoms with Crippen LogP contribution in [0.2, 0.25) is 0 Å². The highest BCUT2D eigenvalue weighted by molar-refractivity contribution is 8.76. The Morgan fingerprint density at radius 3 is 3.00 bits per heavy atom. The van der Waals surface area contributed by atoms with E-state index >= 15 is 0 Å². The standard InChI is InChI=1S/C8H17NS2/c1-7-8(6-11-10-2)4-3-5-9-7/h7-9H,3-6H2,1-2H3/t7-,8-/m1/s1. The smallest absolute Gasteiger partial charge is 0.00799 e. The van der Waals surface area contributed by atoms with E-state index in [0.29, 0.717) is 0 Å². The Kier molecular flexibility index (Phi) is 4.72. The predicted octanol–water partition coefficient (Wildman–Crippen LogP) is 2.39. The fourth-order valence-electron chi connectivity index (χ4n) is 1.49. The summed E-state index contributed by atoms with van der Waals surface area (Å²) in [7, 11) is 3.88. The van der Waals surface area contributed by atoms with Crippen LogP contribution in [-0.4, -0.2) is 24.6 Å². The molecule has 11 heavy (non-hydrogen) atoms. The number of piperidine rings is 1. The molecule has 0 spiro atoms. The van der Waals surface area contributed by atoms with E-state index < -0.39 is 0 Å². The Labute approximate surface area is 77.5 Å². The van der Waals surface area contributed by atoms with Gasteiger partial charge in [0.05, 0.1) is 0 Å². The lowest BCUT2D eigenvalue weighted by molar-refractivity contribution is 0.324. The Balaban J connectivity index is 2.18. The maximum atomic E-state index is 3.52. The van der Waals surface area contributed by atoms with Crippen LogP contribution in [0.3, 0.4) is 0 Å². The molecule has 1 aliphatic rings. The fraction of sp³-hybridized carbons (Fsp3) is 1.00. The Morgan fingerprint density at radius 1 is 1.55 bits per heavy atom. The van der Waals surface area contributed by atoms with Crippen molar-refractivity contribution in [3.8, 4) is 0 Å². The molecule has 0 radical (unpaired) electrons. The minimum atomic E-state index is 0.739. The van der Waals surface area contributed by atoms with E-state index in [2.05, 4.69) is 18.5 Å². The molecule has 1 fully saturated rings. The molecule has 1 nitrogen and oxygen atoms in total. The van der Waals surface area contributed by atoms with Crippen LogP contribution in [0.4, 0.5) is 0 Å². The van der Waals surface area contributed by atoms with Gasteiger partial charge in [0.25, 0.3) is 0 Å². The molecule has 0 aromatic carbocycles. The molecule has 1 rings (SSSR count). The van der Waals surface area contributed by atoms with Gasteiger partial charge in [0, 0.05) is 11.8 Å². The Morgan fingerprint density at radius 2 is 2.36 bits per heavy atom. The molecule has 66 valence electrons. The molecule has 1 heterocycles. The van der Waals surface area contributed by atoms with Gasteiger partial charge in [0.1, 0.15) is 0 Å². The van der Waals surface area contributed by atoms with Gasteiger partial charge in [-0.1, -0.05) is 21.6 Å². The first-order valence-corrected chi connectivity index (χ1v) is 6.96. The summed E-state index contributed by atoms with van der Waals surface area (Å²) in [5.74, 6) is 2.22. The van der Waals surface area contributed by atoms with Crippen LogP contribution >= 0.6 is 21.6 Å². The second kappa shape index (κ2) is 5.33. The van der Waals surface area contributed by atoms with E-state index in [1.807, 2.05) is 21.6 Å². The van der Waals surface area contributed by atoms with Crippen molar-refractivity contribution in [1.29, 1.82) is 0 Å². The van der Waals surface area contributed by atoms with Crippen LogP contribution in [0.1, 0.15) is 19.8 Å². The van der Waals surface area contributed by atoms with Gasteiger partial charge >= 0.3 is 0 Å². The van der Waals surface area contributed by atoms with Gasteiger partial charge in [-0.25, -0.2) is 0 Å². The van der Waals surface area contributed by atoms with Crippen molar-refractivity contribution < 1.29 is 0 Å². The molecule has 3 heteroatoms. The van der Waals surface area contributed by atoms with Gasteiger partial charge in [-0.05, 0) is 38.5 Å². The molecule has 1 saturated heterocycles. The third-order valence-corrected chi connectivity index (χ3v) is 4.24. The van der Waals surface area contributed by atoms with E-state index in [4.69, 9.17) is 0 Å². The number of hydrogen-bond acceptors (Lipinski definition) is 3. The quantitative estimate of drug-likeness (QED) is 0.688. The Bertz CT molecular complexity index is 108. The lowest BCUT2D eigenvalue weighted by atomic mass is 9.94. The van der Waals surface area contributed by atoms with E-state index in [9.17, 15) is 0 Å². The summed E-state index contributed by atoms with van der Waals surface area (Å²) >= 11 is 0. The monoisotopic (exact) mass is 191 g/mol. The van der Waals surface area contributed by atoms with Crippen molar-refractivity contribution in [1.82, 2.24) is 5.32 Å². The molecule has 0 saturated carbocycles. The lowest BCUT2D eigenvalue weighted by Crippen LogP contribution is -2.39. The third kappa shape index (κ3) is 3.26. The second-order valence-corrected chi connectivity index (χ2v) is 5.71. The lowest BCUT2D eigenvalue weighted by Gasteiger charge is -2.29. The molecule has 0 aromatic rings. The van der Waals surface area contributed by atoms with Gasteiger partial charge < -0.3 is 5.32 Å². The summed E-state index contributed by atoms with van der Waals surface area (Å²) in [6, 6.07) is 0.739. The topological polar surface area (TPSA) is 12.0 Å². The molecular formula is C8H17NS2. The van der Waals surface area contributed by atoms with Gasteiger partial charge in [-0.15, -0.1) is 0 Å². The van der Waals surface area contributed by atoms with Crippen LogP contribution < -0.4 is 5.32 Å². The maximum absolute atomic E-state index is 3.52. The van der Waals surface area contributed by atoms with Crippen molar-refractivity contribution in [2.75, 3.05) is 18.6 Å². The van der Waals surface area contributed by atoms with Gasteiger partial charge in [-0.2, -0.15) is 0 Å². The first kappa shape index (κ1) is 9.75. The minimum Gasteiger partial charge on any atom is -0.314 e. The fourth-order valence-corrected chi connectivity index (χ4v) is 3.19. The van der Waals surface area contributed by atoms with Crippen molar-refractivity contribution in [3.05, 3.63) is 0 Å². The van der Waals surface area contributed by atoms with Crippen LogP contribution in [0.25, 0.3) is 0 Å². The largest absolute Gasteiger partial charge is 0.314 e. The molecule has 2 atom stereocenters. The summed E-state index contributed by atoms with van der Waals surface area (Å²) in [5.41, 5.74) is 0. The second-order valence-electron chi connectivity index (χ2n) is 3.10. The molecule has 0 bridgehead atoms. The van der Waals surface area contributed by atoms with Gasteiger partial charge in [0.15, 0.2) is 0 Å². The molecule has 0 unspecified atom stereocenters. The maximum Gasteiger partial charge on any atom is 0.00799 e. The minimum absolute atomic E-state index is 0.739. The van der Waals surface area contributed by atoms with E-state index in [-0.39, 0.29) is 0 Å². The highest BCUT2D eigenvalue weighted by Crippen LogP contribution is 2.26. The van der Waals surface area contributed by atoms with Crippen LogP contribution in [0, 0.1) is 5.92 Å². The zero-order chi connectivity index (χ0) is 8.10. The third-order valence-electron chi connectivity index (χ3n) is 2.33. The van der Waals surface area contributed by atoms with Crippen molar-refractivity contribution in [2.24, 2.45) is 5.92 Å². The first-order valence-electron chi connectivity index (χ1n) is 4.23. The summed E-state index contributed by atoms with van der Waals surface area (Å²) in [4.78, 5) is 0. The van der Waals surface area contributed by atoms with Crippen LogP contribution in [0.5, 0.6) is 0 Å². The highest BCUT2D eigenvalue weighted by atomic mass is 33.1. The normalized spacial score (nSPS) is 32.2. The van der Waals surface area contributed by atoms with E-state index in [1.165, 1.54) is 25.1 Å². The number of nitrogens with one attached hydrogen (secondary N) is 1. The SMILES string of the molecule is CSSC[C@H]1CCCN[C@@H]1C. The average Bonchev–Trinajstić information content (AvgIpc) is 2.03. The van der Waals surface area contributed by atoms with Crippen molar-refractivity contribution in [2.45, 2.75) is 25.8 Å². The zero-order valence-corrected chi connectivity index (χ0v) is 8.93. The van der Waals surface area contributed by atoms with Crippen LogP contribution in [0.15, 0.2) is 0 Å². The highest BCUT2D eigenvalue weighted by Gasteiger charge is 2.19. The van der Waals surface area contributed by atoms with E-state index in [0.717, 1.165) is 12.0 Å². The zero-order valence-electron chi connectivity index (χ0n) is 7.30.